The van der Waals surface area contributed by atoms with Crippen LogP contribution >= 0.6 is 7.92 Å². The molecular formula is C32H28N3O2P. The van der Waals surface area contributed by atoms with Crippen LogP contribution < -0.4 is 25.6 Å². The van der Waals surface area contributed by atoms with E-state index in [1.165, 1.54) is 22.8 Å². The van der Waals surface area contributed by atoms with E-state index in [-0.39, 0.29) is 0 Å². The van der Waals surface area contributed by atoms with Gasteiger partial charge < -0.3 is 9.64 Å². The maximum Gasteiger partial charge on any atom is 0.308 e. The van der Waals surface area contributed by atoms with Gasteiger partial charge in [0, 0.05) is 32.1 Å². The van der Waals surface area contributed by atoms with Gasteiger partial charge in [-0.2, -0.15) is 5.11 Å². The van der Waals surface area contributed by atoms with Gasteiger partial charge in [-0.05, 0) is 65.6 Å². The summed E-state index contributed by atoms with van der Waals surface area (Å²) in [6.45, 7) is 1.39. The summed E-state index contributed by atoms with van der Waals surface area (Å²) < 4.78 is 5.51. The lowest BCUT2D eigenvalue weighted by molar-refractivity contribution is -0.131. The molecule has 0 aromatic heterocycles. The minimum Gasteiger partial charge on any atom is -0.424 e. The number of ether oxygens (including phenoxy) is 1. The number of carbonyl (C=O) groups is 1. The third kappa shape index (κ3) is 5.64. The molecule has 38 heavy (non-hydrogen) atoms. The van der Waals surface area contributed by atoms with Crippen molar-refractivity contribution in [2.75, 3.05) is 19.0 Å². The summed E-state index contributed by atoms with van der Waals surface area (Å²) in [6.07, 6.45) is 0. The zero-order valence-electron chi connectivity index (χ0n) is 21.6. The van der Waals surface area contributed by atoms with Gasteiger partial charge >= 0.3 is 5.97 Å². The number of anilines is 1. The van der Waals surface area contributed by atoms with Crippen molar-refractivity contribution in [3.63, 3.8) is 0 Å². The summed E-state index contributed by atoms with van der Waals surface area (Å²) in [6, 6.07) is 39.2. The highest BCUT2D eigenvalue weighted by Gasteiger charge is 2.18. The predicted molar refractivity (Wildman–Crippen MR) is 159 cm³/mol. The highest BCUT2D eigenvalue weighted by Crippen LogP contribution is 2.39. The number of nitrogens with zero attached hydrogens (tertiary/aromatic N) is 3. The van der Waals surface area contributed by atoms with Crippen LogP contribution in [0.1, 0.15) is 6.92 Å². The first-order valence-electron chi connectivity index (χ1n) is 12.3. The van der Waals surface area contributed by atoms with Crippen LogP contribution in [-0.4, -0.2) is 20.1 Å². The van der Waals surface area contributed by atoms with Crippen molar-refractivity contribution in [2.45, 2.75) is 6.92 Å². The quantitative estimate of drug-likeness (QED) is 0.101. The number of azo groups is 1. The van der Waals surface area contributed by atoms with Crippen LogP contribution in [0.2, 0.25) is 0 Å². The highest BCUT2D eigenvalue weighted by molar-refractivity contribution is 7.79. The van der Waals surface area contributed by atoms with Crippen LogP contribution in [0.4, 0.5) is 17.1 Å². The molecule has 0 atom stereocenters. The minimum absolute atomic E-state index is 0.389. The second kappa shape index (κ2) is 11.4. The smallest absolute Gasteiger partial charge is 0.308 e. The van der Waals surface area contributed by atoms with Crippen molar-refractivity contribution in [3.8, 4) is 5.75 Å². The Balaban J connectivity index is 1.60. The van der Waals surface area contributed by atoms with Gasteiger partial charge in [0.2, 0.25) is 0 Å². The van der Waals surface area contributed by atoms with E-state index in [4.69, 9.17) is 4.74 Å². The molecule has 0 spiro atoms. The molecule has 0 amide bonds. The molecule has 0 saturated heterocycles. The molecule has 188 valence electrons. The largest absolute Gasteiger partial charge is 0.424 e. The molecule has 0 aliphatic rings. The fraction of sp³-hybridized carbons (Fsp3) is 0.0938. The molecule has 5 rings (SSSR count). The zero-order chi connectivity index (χ0) is 26.5. The first-order chi connectivity index (χ1) is 18.5. The highest BCUT2D eigenvalue weighted by atomic mass is 31.1. The fourth-order valence-electron chi connectivity index (χ4n) is 4.29. The number of carbonyl (C=O) groups excluding carboxylic acids is 1. The van der Waals surface area contributed by atoms with Gasteiger partial charge in [-0.15, -0.1) is 5.11 Å². The van der Waals surface area contributed by atoms with E-state index in [2.05, 4.69) is 77.0 Å². The van der Waals surface area contributed by atoms with Crippen LogP contribution in [0.15, 0.2) is 125 Å². The Labute approximate surface area is 224 Å². The number of benzene rings is 5. The van der Waals surface area contributed by atoms with Gasteiger partial charge in [-0.25, -0.2) is 0 Å². The summed E-state index contributed by atoms with van der Waals surface area (Å²) in [5, 5.41) is 14.7. The van der Waals surface area contributed by atoms with Crippen LogP contribution in [0, 0.1) is 0 Å². The average molecular weight is 518 g/mol. The summed E-state index contributed by atoms with van der Waals surface area (Å²) in [7, 11) is 3.24. The van der Waals surface area contributed by atoms with Crippen molar-refractivity contribution in [2.24, 2.45) is 10.2 Å². The van der Waals surface area contributed by atoms with Crippen molar-refractivity contribution < 1.29 is 9.53 Å². The molecule has 5 aromatic carbocycles. The molecule has 0 aliphatic carbocycles. The minimum atomic E-state index is -0.746. The first kappa shape index (κ1) is 25.3. The number of hydrogen-bond donors (Lipinski definition) is 0. The van der Waals surface area contributed by atoms with Crippen molar-refractivity contribution >= 4 is 57.6 Å². The molecule has 0 saturated carbocycles. The average Bonchev–Trinajstić information content (AvgIpc) is 2.93. The Hall–Kier alpha value is -4.34. The van der Waals surface area contributed by atoms with Gasteiger partial charge in [0.05, 0.1) is 5.69 Å². The van der Waals surface area contributed by atoms with Gasteiger partial charge in [-0.1, -0.05) is 78.9 Å². The monoisotopic (exact) mass is 517 g/mol. The van der Waals surface area contributed by atoms with Crippen LogP contribution in [0.5, 0.6) is 5.75 Å². The Morgan fingerprint density at radius 2 is 1.34 bits per heavy atom. The topological polar surface area (TPSA) is 54.3 Å². The fourth-order valence-corrected chi connectivity index (χ4v) is 6.61. The Morgan fingerprint density at radius 3 is 1.92 bits per heavy atom. The molecular weight excluding hydrogens is 489 g/mol. The van der Waals surface area contributed by atoms with Crippen molar-refractivity contribution in [1.82, 2.24) is 0 Å². The second-order valence-electron chi connectivity index (χ2n) is 9.03. The third-order valence-electron chi connectivity index (χ3n) is 6.11. The normalized spacial score (nSPS) is 11.3. The lowest BCUT2D eigenvalue weighted by Crippen LogP contribution is -2.20. The van der Waals surface area contributed by atoms with Crippen molar-refractivity contribution in [1.29, 1.82) is 0 Å². The summed E-state index contributed by atoms with van der Waals surface area (Å²) >= 11 is 0. The van der Waals surface area contributed by atoms with Gasteiger partial charge in [-0.3, -0.25) is 4.79 Å². The van der Waals surface area contributed by atoms with E-state index in [9.17, 15) is 4.79 Å². The number of fused-ring (bicyclic) bond motifs is 1. The standard InChI is InChI=1S/C32H28N3O2P/c1-23(36)37-31-21-14-24-22-29(38(27-10-6-4-7-11-27)28-12-8-5-9-13-28)19-20-30(24)32(31)34-33-25-15-17-26(18-16-25)35(2)3/h4-22H,1-3H3. The molecule has 0 unspecified atom stereocenters. The number of hydrogen-bond acceptors (Lipinski definition) is 5. The van der Waals surface area contributed by atoms with Crippen LogP contribution in [0.25, 0.3) is 10.8 Å². The SMILES string of the molecule is CC(=O)Oc1ccc2cc(P(c3ccccc3)c3ccccc3)ccc2c1N=Nc1ccc(N(C)C)cc1. The van der Waals surface area contributed by atoms with E-state index in [1.807, 2.05) is 61.5 Å². The second-order valence-corrected chi connectivity index (χ2v) is 11.2. The molecule has 0 heterocycles. The van der Waals surface area contributed by atoms with E-state index < -0.39 is 13.9 Å². The van der Waals surface area contributed by atoms with Crippen molar-refractivity contribution in [3.05, 3.63) is 115 Å². The van der Waals surface area contributed by atoms with E-state index in [1.54, 1.807) is 6.07 Å². The summed E-state index contributed by atoms with van der Waals surface area (Å²) in [5.74, 6) is -0.00998. The van der Waals surface area contributed by atoms with E-state index in [0.717, 1.165) is 22.1 Å². The zero-order valence-corrected chi connectivity index (χ0v) is 22.5. The number of rotatable bonds is 7. The molecule has 5 nitrogen and oxygen atoms in total. The molecule has 0 bridgehead atoms. The van der Waals surface area contributed by atoms with Crippen LogP contribution in [0.3, 0.4) is 0 Å². The first-order valence-corrected chi connectivity index (χ1v) is 13.7. The van der Waals surface area contributed by atoms with Gasteiger partial charge in [0.25, 0.3) is 0 Å². The molecule has 0 radical (unpaired) electrons. The lowest BCUT2D eigenvalue weighted by atomic mass is 10.1. The molecule has 0 aliphatic heterocycles. The lowest BCUT2D eigenvalue weighted by Gasteiger charge is -2.20. The number of esters is 1. The Bertz CT molecular complexity index is 1550. The Kier molecular flexibility index (Phi) is 7.57. The maximum atomic E-state index is 11.8. The molecule has 5 aromatic rings. The molecule has 0 N–H and O–H groups in total. The summed E-state index contributed by atoms with van der Waals surface area (Å²) in [4.78, 5) is 13.9. The molecule has 0 fully saturated rings. The Morgan fingerprint density at radius 1 is 0.711 bits per heavy atom. The summed E-state index contributed by atoms with van der Waals surface area (Å²) in [5.41, 5.74) is 2.33. The molecule has 6 heteroatoms. The predicted octanol–water partition coefficient (Wildman–Crippen LogP) is 7.00. The van der Waals surface area contributed by atoms with E-state index in [0.29, 0.717) is 11.4 Å². The van der Waals surface area contributed by atoms with Crippen LogP contribution in [-0.2, 0) is 4.79 Å². The van der Waals surface area contributed by atoms with Gasteiger partial charge in [0.15, 0.2) is 5.75 Å². The van der Waals surface area contributed by atoms with Gasteiger partial charge in [0.1, 0.15) is 5.69 Å². The van der Waals surface area contributed by atoms with E-state index >= 15 is 0 Å². The third-order valence-corrected chi connectivity index (χ3v) is 8.53. The maximum absolute atomic E-state index is 11.8.